The summed E-state index contributed by atoms with van der Waals surface area (Å²) in [6.07, 6.45) is 3.83. The molecule has 6 nitrogen and oxygen atoms in total. The maximum atomic E-state index is 12.3. The highest BCUT2D eigenvalue weighted by Gasteiger charge is 2.17. The minimum Gasteiger partial charge on any atom is -0.374 e. The van der Waals surface area contributed by atoms with Crippen molar-refractivity contribution in [3.8, 4) is 0 Å². The molecule has 3 N–H and O–H groups in total. The molecule has 1 fully saturated rings. The van der Waals surface area contributed by atoms with Crippen LogP contribution in [0.4, 0.5) is 16.5 Å². The van der Waals surface area contributed by atoms with Gasteiger partial charge in [0.15, 0.2) is 4.34 Å². The quantitative estimate of drug-likeness (QED) is 0.794. The smallest absolute Gasteiger partial charge is 0.237 e. The summed E-state index contributed by atoms with van der Waals surface area (Å²) in [5.74, 6) is -0.0560. The highest BCUT2D eigenvalue weighted by molar-refractivity contribution is 8.02. The summed E-state index contributed by atoms with van der Waals surface area (Å²) in [6, 6.07) is 8.07. The van der Waals surface area contributed by atoms with Gasteiger partial charge in [-0.05, 0) is 50.5 Å². The Morgan fingerprint density at radius 3 is 2.58 bits per heavy atom. The first-order chi connectivity index (χ1) is 11.6. The van der Waals surface area contributed by atoms with Gasteiger partial charge < -0.3 is 16.0 Å². The number of benzene rings is 1. The fourth-order valence-electron chi connectivity index (χ4n) is 2.62. The van der Waals surface area contributed by atoms with Gasteiger partial charge in [-0.25, -0.2) is 0 Å². The molecule has 0 bridgehead atoms. The van der Waals surface area contributed by atoms with Crippen LogP contribution in [0.3, 0.4) is 0 Å². The molecule has 1 unspecified atom stereocenters. The summed E-state index contributed by atoms with van der Waals surface area (Å²) in [5, 5.41) is 10.8. The van der Waals surface area contributed by atoms with E-state index in [0.29, 0.717) is 9.47 Å². The number of rotatable bonds is 5. The van der Waals surface area contributed by atoms with Gasteiger partial charge in [0.1, 0.15) is 0 Å². The molecule has 0 spiro atoms. The van der Waals surface area contributed by atoms with Crippen molar-refractivity contribution in [3.63, 3.8) is 0 Å². The number of thioether (sulfide) groups is 1. The number of amides is 1. The van der Waals surface area contributed by atoms with E-state index in [0.717, 1.165) is 18.8 Å². The molecule has 8 heteroatoms. The Morgan fingerprint density at radius 2 is 1.96 bits per heavy atom. The van der Waals surface area contributed by atoms with Gasteiger partial charge in [-0.3, -0.25) is 4.79 Å². The van der Waals surface area contributed by atoms with Crippen molar-refractivity contribution < 1.29 is 4.79 Å². The number of hydrogen-bond donors (Lipinski definition) is 2. The van der Waals surface area contributed by atoms with Gasteiger partial charge >= 0.3 is 0 Å². The summed E-state index contributed by atoms with van der Waals surface area (Å²) in [4.78, 5) is 14.7. The van der Waals surface area contributed by atoms with E-state index in [-0.39, 0.29) is 11.2 Å². The molecule has 128 valence electrons. The molecule has 2 heterocycles. The highest BCUT2D eigenvalue weighted by Crippen LogP contribution is 2.28. The molecule has 2 aromatic rings. The van der Waals surface area contributed by atoms with Gasteiger partial charge in [0.25, 0.3) is 0 Å². The first-order valence-electron chi connectivity index (χ1n) is 8.03. The standard InChI is InChI=1S/C16H21N5OS2/c1-11(23-16-20-19-15(17)24-16)14(22)18-12-5-7-13(8-6-12)21-9-3-2-4-10-21/h5-8,11H,2-4,9-10H2,1H3,(H2,17,19)(H,18,22). The monoisotopic (exact) mass is 363 g/mol. The van der Waals surface area contributed by atoms with E-state index >= 15 is 0 Å². The van der Waals surface area contributed by atoms with Gasteiger partial charge in [-0.15, -0.1) is 10.2 Å². The second kappa shape index (κ2) is 7.85. The number of nitrogens with one attached hydrogen (secondary N) is 1. The Balaban J connectivity index is 1.55. The van der Waals surface area contributed by atoms with Crippen molar-refractivity contribution in [2.45, 2.75) is 35.8 Å². The van der Waals surface area contributed by atoms with E-state index in [1.807, 2.05) is 19.1 Å². The molecule has 1 aliphatic rings. The van der Waals surface area contributed by atoms with Crippen LogP contribution in [0.2, 0.25) is 0 Å². The summed E-state index contributed by atoms with van der Waals surface area (Å²) >= 11 is 2.65. The average Bonchev–Trinajstić information content (AvgIpc) is 3.01. The molecule has 1 amide bonds. The number of nitrogen functional groups attached to an aromatic ring is 1. The second-order valence-electron chi connectivity index (χ2n) is 5.75. The van der Waals surface area contributed by atoms with Crippen LogP contribution in [0.25, 0.3) is 0 Å². The zero-order chi connectivity index (χ0) is 16.9. The lowest BCUT2D eigenvalue weighted by molar-refractivity contribution is -0.115. The molecular formula is C16H21N5OS2. The Kier molecular flexibility index (Phi) is 5.57. The SMILES string of the molecule is CC(Sc1nnc(N)s1)C(=O)Nc1ccc(N2CCCCC2)cc1. The fourth-order valence-corrected chi connectivity index (χ4v) is 4.40. The molecule has 0 radical (unpaired) electrons. The molecule has 0 aliphatic carbocycles. The maximum Gasteiger partial charge on any atom is 0.237 e. The molecular weight excluding hydrogens is 342 g/mol. The minimum absolute atomic E-state index is 0.0560. The Labute approximate surface area is 149 Å². The van der Waals surface area contributed by atoms with Crippen molar-refractivity contribution in [2.24, 2.45) is 0 Å². The summed E-state index contributed by atoms with van der Waals surface area (Å²) in [6.45, 7) is 4.08. The zero-order valence-corrected chi connectivity index (χ0v) is 15.2. The van der Waals surface area contributed by atoms with E-state index in [4.69, 9.17) is 5.73 Å². The normalized spacial score (nSPS) is 16.0. The van der Waals surface area contributed by atoms with Crippen molar-refractivity contribution in [2.75, 3.05) is 29.0 Å². The van der Waals surface area contributed by atoms with Crippen LogP contribution in [0.15, 0.2) is 28.6 Å². The number of carbonyl (C=O) groups excluding carboxylic acids is 1. The number of carbonyl (C=O) groups is 1. The van der Waals surface area contributed by atoms with Crippen LogP contribution in [0.5, 0.6) is 0 Å². The van der Waals surface area contributed by atoms with Crippen molar-refractivity contribution in [3.05, 3.63) is 24.3 Å². The third-order valence-corrected chi connectivity index (χ3v) is 5.86. The molecule has 3 rings (SSSR count). The first kappa shape index (κ1) is 17.0. The largest absolute Gasteiger partial charge is 0.374 e. The highest BCUT2D eigenvalue weighted by atomic mass is 32.2. The average molecular weight is 364 g/mol. The predicted octanol–water partition coefficient (Wildman–Crippen LogP) is 3.23. The number of hydrogen-bond acceptors (Lipinski definition) is 7. The number of nitrogens with two attached hydrogens (primary N) is 1. The lowest BCUT2D eigenvalue weighted by Crippen LogP contribution is -2.29. The van der Waals surface area contributed by atoms with Crippen molar-refractivity contribution >= 4 is 45.5 Å². The van der Waals surface area contributed by atoms with Crippen LogP contribution < -0.4 is 16.0 Å². The van der Waals surface area contributed by atoms with E-state index < -0.39 is 0 Å². The Bertz CT molecular complexity index is 682. The molecule has 1 aliphatic heterocycles. The van der Waals surface area contributed by atoms with Crippen LogP contribution in [-0.2, 0) is 4.79 Å². The minimum atomic E-state index is -0.265. The van der Waals surface area contributed by atoms with Gasteiger partial charge in [0.05, 0.1) is 5.25 Å². The van der Waals surface area contributed by atoms with Crippen LogP contribution in [0.1, 0.15) is 26.2 Å². The van der Waals surface area contributed by atoms with E-state index in [9.17, 15) is 4.79 Å². The van der Waals surface area contributed by atoms with Crippen molar-refractivity contribution in [1.29, 1.82) is 0 Å². The summed E-state index contributed by atoms with van der Waals surface area (Å²) < 4.78 is 0.704. The Morgan fingerprint density at radius 1 is 1.25 bits per heavy atom. The fraction of sp³-hybridized carbons (Fsp3) is 0.438. The van der Waals surface area contributed by atoms with Crippen molar-refractivity contribution in [1.82, 2.24) is 10.2 Å². The topological polar surface area (TPSA) is 84.1 Å². The lowest BCUT2D eigenvalue weighted by atomic mass is 10.1. The van der Waals surface area contributed by atoms with Gasteiger partial charge in [0, 0.05) is 24.5 Å². The van der Waals surface area contributed by atoms with Gasteiger partial charge in [0.2, 0.25) is 11.0 Å². The Hall–Kier alpha value is -1.80. The molecule has 1 atom stereocenters. The molecule has 0 saturated carbocycles. The molecule has 1 aromatic carbocycles. The zero-order valence-electron chi connectivity index (χ0n) is 13.6. The van der Waals surface area contributed by atoms with Crippen LogP contribution in [0, 0.1) is 0 Å². The molecule has 1 aromatic heterocycles. The second-order valence-corrected chi connectivity index (χ2v) is 8.35. The third kappa shape index (κ3) is 4.39. The lowest BCUT2D eigenvalue weighted by Gasteiger charge is -2.28. The van der Waals surface area contributed by atoms with E-state index in [2.05, 4.69) is 32.5 Å². The van der Waals surface area contributed by atoms with Gasteiger partial charge in [-0.1, -0.05) is 23.1 Å². The van der Waals surface area contributed by atoms with Crippen LogP contribution >= 0.6 is 23.1 Å². The molecule has 24 heavy (non-hydrogen) atoms. The number of aromatic nitrogens is 2. The third-order valence-electron chi connectivity index (χ3n) is 3.92. The van der Waals surface area contributed by atoms with Gasteiger partial charge in [-0.2, -0.15) is 0 Å². The van der Waals surface area contributed by atoms with E-state index in [1.54, 1.807) is 0 Å². The number of nitrogens with zero attached hydrogens (tertiary/aromatic N) is 3. The number of piperidine rings is 1. The van der Waals surface area contributed by atoms with Crippen LogP contribution in [-0.4, -0.2) is 34.4 Å². The first-order valence-corrected chi connectivity index (χ1v) is 9.73. The molecule has 1 saturated heterocycles. The summed E-state index contributed by atoms with van der Waals surface area (Å²) in [7, 11) is 0. The summed E-state index contributed by atoms with van der Waals surface area (Å²) in [5.41, 5.74) is 7.59. The predicted molar refractivity (Wildman–Crippen MR) is 101 cm³/mol. The maximum absolute atomic E-state index is 12.3. The number of anilines is 3. The van der Waals surface area contributed by atoms with E-state index in [1.165, 1.54) is 48.0 Å².